The van der Waals surface area contributed by atoms with Gasteiger partial charge < -0.3 is 0 Å². The Morgan fingerprint density at radius 3 is 3.17 bits per heavy atom. The second kappa shape index (κ2) is 5.51. The predicted molar refractivity (Wildman–Crippen MR) is 63.3 cm³/mol. The monoisotopic (exact) mass is 214 g/mol. The molecule has 0 aliphatic carbocycles. The molecule has 0 spiro atoms. The zero-order valence-corrected chi connectivity index (χ0v) is 9.27. The third-order valence-corrected chi connectivity index (χ3v) is 3.83. The van der Waals surface area contributed by atoms with Crippen LogP contribution in [0.1, 0.15) is 11.8 Å². The molecule has 0 amide bonds. The van der Waals surface area contributed by atoms with Gasteiger partial charge >= 0.3 is 0 Å². The Morgan fingerprint density at radius 1 is 1.75 bits per heavy atom. The van der Waals surface area contributed by atoms with Crippen molar-refractivity contribution in [3.05, 3.63) is 34.5 Å². The van der Waals surface area contributed by atoms with Gasteiger partial charge in [-0.15, -0.1) is 23.1 Å². The molecule has 0 atom stereocenters. The number of thioether (sulfide) groups is 1. The van der Waals surface area contributed by atoms with Gasteiger partial charge in [0.15, 0.2) is 0 Å². The summed E-state index contributed by atoms with van der Waals surface area (Å²) in [4.78, 5) is 1.21. The van der Waals surface area contributed by atoms with Crippen molar-refractivity contribution in [2.24, 2.45) is 0 Å². The molecular weight excluding hydrogens is 204 g/mol. The quantitative estimate of drug-likeness (QED) is 0.555. The van der Waals surface area contributed by atoms with Gasteiger partial charge in [-0.25, -0.2) is 0 Å². The lowest BCUT2D eigenvalue weighted by atomic mass is 10.5. The van der Waals surface area contributed by atoms with Crippen LogP contribution in [-0.2, 0) is 0 Å². The summed E-state index contributed by atoms with van der Waals surface area (Å²) in [5.41, 5.74) is 0. The second-order valence-corrected chi connectivity index (χ2v) is 4.79. The highest BCUT2D eigenvalue weighted by Gasteiger charge is 2.00. The topological polar surface area (TPSA) is 0 Å². The molecule has 0 radical (unpaired) electrons. The van der Waals surface area contributed by atoms with Crippen molar-refractivity contribution in [2.45, 2.75) is 6.92 Å². The first-order chi connectivity index (χ1) is 5.84. The number of hydrogen-bond donors (Lipinski definition) is 0. The number of hydrogen-bond acceptors (Lipinski definition) is 3. The number of thiophene rings is 1. The summed E-state index contributed by atoms with van der Waals surface area (Å²) in [6, 6.07) is 4.10. The predicted octanol–water partition coefficient (Wildman–Crippen LogP) is 3.73. The number of rotatable bonds is 3. The van der Waals surface area contributed by atoms with E-state index in [1.165, 1.54) is 4.88 Å². The summed E-state index contributed by atoms with van der Waals surface area (Å²) >= 11 is 8.64. The fraction of sp³-hybridized carbons (Fsp3) is 0.222. The summed E-state index contributed by atoms with van der Waals surface area (Å²) in [5.74, 6) is 0.979. The van der Waals surface area contributed by atoms with Crippen LogP contribution in [0.25, 0.3) is 0 Å². The zero-order valence-electron chi connectivity index (χ0n) is 6.82. The summed E-state index contributed by atoms with van der Waals surface area (Å²) in [5, 5.41) is 2.05. The molecule has 0 saturated heterocycles. The van der Waals surface area contributed by atoms with Crippen molar-refractivity contribution < 1.29 is 0 Å². The standard InChI is InChI=1S/C9H10S3/c1-2-3-6-12-9(10)8-5-4-7-11-8/h2-5,7H,6H2,1H3/b3-2+. The van der Waals surface area contributed by atoms with Gasteiger partial charge in [0.2, 0.25) is 0 Å². The van der Waals surface area contributed by atoms with E-state index in [0.29, 0.717) is 0 Å². The van der Waals surface area contributed by atoms with Crippen molar-refractivity contribution in [3.8, 4) is 0 Å². The van der Waals surface area contributed by atoms with Gasteiger partial charge in [0.25, 0.3) is 0 Å². The van der Waals surface area contributed by atoms with Gasteiger partial charge in [0.1, 0.15) is 0 Å². The van der Waals surface area contributed by atoms with Crippen LogP contribution in [0.4, 0.5) is 0 Å². The second-order valence-electron chi connectivity index (χ2n) is 2.14. The van der Waals surface area contributed by atoms with Crippen LogP contribution in [0.15, 0.2) is 29.7 Å². The van der Waals surface area contributed by atoms with E-state index in [1.807, 2.05) is 19.1 Å². The molecule has 0 saturated carbocycles. The highest BCUT2D eigenvalue weighted by molar-refractivity contribution is 8.24. The summed E-state index contributed by atoms with van der Waals surface area (Å²) in [6.45, 7) is 2.02. The Hall–Kier alpha value is -0.120. The minimum Gasteiger partial charge on any atom is -0.142 e. The summed E-state index contributed by atoms with van der Waals surface area (Å²) < 4.78 is 1.00. The lowest BCUT2D eigenvalue weighted by Crippen LogP contribution is -1.86. The first kappa shape index (κ1) is 9.96. The van der Waals surface area contributed by atoms with Crippen molar-refractivity contribution in [2.75, 3.05) is 5.75 Å². The Morgan fingerprint density at radius 2 is 2.58 bits per heavy atom. The molecule has 1 aromatic heterocycles. The molecule has 0 nitrogen and oxygen atoms in total. The SMILES string of the molecule is C/C=C/CSC(=S)c1cccs1. The summed E-state index contributed by atoms with van der Waals surface area (Å²) in [7, 11) is 0. The van der Waals surface area contributed by atoms with E-state index in [2.05, 4.69) is 17.5 Å². The molecule has 0 fully saturated rings. The molecular formula is C9H10S3. The number of thiocarbonyl (C=S) groups is 1. The lowest BCUT2D eigenvalue weighted by molar-refractivity contribution is 1.66. The van der Waals surface area contributed by atoms with Crippen LogP contribution in [0.5, 0.6) is 0 Å². The smallest absolute Gasteiger partial charge is 0.0881 e. The average molecular weight is 214 g/mol. The van der Waals surface area contributed by atoms with Gasteiger partial charge in [0.05, 0.1) is 9.07 Å². The highest BCUT2D eigenvalue weighted by Crippen LogP contribution is 2.18. The maximum absolute atomic E-state index is 5.23. The Kier molecular flexibility index (Phi) is 4.58. The van der Waals surface area contributed by atoms with E-state index in [9.17, 15) is 0 Å². The van der Waals surface area contributed by atoms with Crippen LogP contribution in [0, 0.1) is 0 Å². The normalized spacial score (nSPS) is 10.8. The molecule has 0 unspecified atom stereocenters. The van der Waals surface area contributed by atoms with Crippen molar-refractivity contribution in [1.82, 2.24) is 0 Å². The first-order valence-corrected chi connectivity index (χ1v) is 5.93. The van der Waals surface area contributed by atoms with E-state index in [1.54, 1.807) is 23.1 Å². The average Bonchev–Trinajstić information content (AvgIpc) is 2.56. The third-order valence-electron chi connectivity index (χ3n) is 1.27. The Bertz CT molecular complexity index is 259. The molecule has 1 rings (SSSR count). The van der Waals surface area contributed by atoms with Gasteiger partial charge in [0, 0.05) is 5.75 Å². The van der Waals surface area contributed by atoms with Crippen LogP contribution in [-0.4, -0.2) is 9.95 Å². The molecule has 1 aromatic rings. The van der Waals surface area contributed by atoms with E-state index >= 15 is 0 Å². The fourth-order valence-electron chi connectivity index (χ4n) is 0.686. The van der Waals surface area contributed by atoms with Gasteiger partial charge in [-0.1, -0.05) is 30.4 Å². The maximum atomic E-state index is 5.23. The van der Waals surface area contributed by atoms with Crippen LogP contribution in [0.2, 0.25) is 0 Å². The van der Waals surface area contributed by atoms with E-state index < -0.39 is 0 Å². The first-order valence-electron chi connectivity index (χ1n) is 3.66. The zero-order chi connectivity index (χ0) is 8.81. The van der Waals surface area contributed by atoms with E-state index in [4.69, 9.17) is 12.2 Å². The maximum Gasteiger partial charge on any atom is 0.0881 e. The van der Waals surface area contributed by atoms with Crippen LogP contribution >= 0.6 is 35.3 Å². The summed E-state index contributed by atoms with van der Waals surface area (Å²) in [6.07, 6.45) is 4.16. The highest BCUT2D eigenvalue weighted by atomic mass is 32.2. The van der Waals surface area contributed by atoms with Gasteiger partial charge in [-0.2, -0.15) is 0 Å². The van der Waals surface area contributed by atoms with Crippen LogP contribution < -0.4 is 0 Å². The van der Waals surface area contributed by atoms with E-state index in [-0.39, 0.29) is 0 Å². The molecule has 0 bridgehead atoms. The molecule has 0 N–H and O–H groups in total. The lowest BCUT2D eigenvalue weighted by Gasteiger charge is -1.95. The van der Waals surface area contributed by atoms with Gasteiger partial charge in [-0.05, 0) is 18.4 Å². The largest absolute Gasteiger partial charge is 0.142 e. The minimum atomic E-state index is 0.979. The van der Waals surface area contributed by atoms with E-state index in [0.717, 1.165) is 9.95 Å². The minimum absolute atomic E-state index is 0.979. The molecule has 1 heterocycles. The van der Waals surface area contributed by atoms with Crippen LogP contribution in [0.3, 0.4) is 0 Å². The van der Waals surface area contributed by atoms with Crippen molar-refractivity contribution in [3.63, 3.8) is 0 Å². The van der Waals surface area contributed by atoms with Crippen molar-refractivity contribution >= 4 is 39.5 Å². The van der Waals surface area contributed by atoms with Crippen molar-refractivity contribution in [1.29, 1.82) is 0 Å². The van der Waals surface area contributed by atoms with Gasteiger partial charge in [-0.3, -0.25) is 0 Å². The molecule has 0 aliphatic rings. The Labute approximate surface area is 86.7 Å². The Balaban J connectivity index is 2.40. The molecule has 12 heavy (non-hydrogen) atoms. The molecule has 0 aromatic carbocycles. The molecule has 64 valence electrons. The molecule has 0 aliphatic heterocycles. The fourth-order valence-corrected chi connectivity index (χ4v) is 2.63. The molecule has 3 heteroatoms. The number of allylic oxidation sites excluding steroid dienone is 1. The third kappa shape index (κ3) is 3.09.